The number of hydrogen-bond acceptors (Lipinski definition) is 3. The molecule has 20 heavy (non-hydrogen) atoms. The van der Waals surface area contributed by atoms with E-state index in [9.17, 15) is 8.42 Å². The molecule has 1 saturated heterocycles. The van der Waals surface area contributed by atoms with E-state index in [0.29, 0.717) is 9.37 Å². The van der Waals surface area contributed by atoms with Crippen LogP contribution >= 0.6 is 15.9 Å². The molecule has 0 amide bonds. The highest BCUT2D eigenvalue weighted by Crippen LogP contribution is 2.49. The van der Waals surface area contributed by atoms with Crippen molar-refractivity contribution < 1.29 is 13.2 Å². The fourth-order valence-corrected chi connectivity index (χ4v) is 5.55. The normalized spacial score (nSPS) is 25.4. The lowest BCUT2D eigenvalue weighted by molar-refractivity contribution is -0.0483. The van der Waals surface area contributed by atoms with Gasteiger partial charge in [0, 0.05) is 23.7 Å². The first kappa shape index (κ1) is 14.5. The van der Waals surface area contributed by atoms with Gasteiger partial charge in [0.05, 0.1) is 4.90 Å². The predicted molar refractivity (Wildman–Crippen MR) is 80.0 cm³/mol. The van der Waals surface area contributed by atoms with E-state index >= 15 is 0 Å². The van der Waals surface area contributed by atoms with E-state index in [2.05, 4.69) is 20.7 Å². The molecule has 2 fully saturated rings. The van der Waals surface area contributed by atoms with Gasteiger partial charge in [0.1, 0.15) is 0 Å². The van der Waals surface area contributed by atoms with Crippen LogP contribution in [0.5, 0.6) is 0 Å². The van der Waals surface area contributed by atoms with Crippen molar-refractivity contribution >= 4 is 26.0 Å². The van der Waals surface area contributed by atoms with E-state index in [4.69, 9.17) is 4.74 Å². The lowest BCUT2D eigenvalue weighted by Crippen LogP contribution is -2.57. The minimum atomic E-state index is -3.46. The molecule has 1 aromatic carbocycles. The molecule has 1 aromatic rings. The maximum Gasteiger partial charge on any atom is 0.241 e. The van der Waals surface area contributed by atoms with Gasteiger partial charge in [-0.1, -0.05) is 12.1 Å². The van der Waals surface area contributed by atoms with Gasteiger partial charge in [-0.3, -0.25) is 0 Å². The minimum absolute atomic E-state index is 0.0449. The van der Waals surface area contributed by atoms with Gasteiger partial charge in [-0.25, -0.2) is 13.1 Å². The third-order valence-corrected chi connectivity index (χ3v) is 7.07. The summed E-state index contributed by atoms with van der Waals surface area (Å²) < 4.78 is 33.9. The molecule has 1 unspecified atom stereocenters. The van der Waals surface area contributed by atoms with Gasteiger partial charge in [-0.15, -0.1) is 0 Å². The fraction of sp³-hybridized carbons (Fsp3) is 0.571. The van der Waals surface area contributed by atoms with Gasteiger partial charge in [-0.2, -0.15) is 0 Å². The molecule has 0 aromatic heterocycles. The smallest absolute Gasteiger partial charge is 0.241 e. The summed E-state index contributed by atoms with van der Waals surface area (Å²) in [7, 11) is -3.46. The van der Waals surface area contributed by atoms with Crippen molar-refractivity contribution in [2.24, 2.45) is 5.41 Å². The second kappa shape index (κ2) is 5.40. The fourth-order valence-electron chi connectivity index (χ4n) is 3.17. The van der Waals surface area contributed by atoms with Gasteiger partial charge in [0.25, 0.3) is 0 Å². The summed E-state index contributed by atoms with van der Waals surface area (Å²) in [6.45, 7) is 1.49. The van der Waals surface area contributed by atoms with Crippen molar-refractivity contribution in [3.63, 3.8) is 0 Å². The first-order valence-corrected chi connectivity index (χ1v) is 9.16. The summed E-state index contributed by atoms with van der Waals surface area (Å²) in [5, 5.41) is 0. The zero-order valence-corrected chi connectivity index (χ0v) is 13.5. The SMILES string of the molecule is O=S(=O)(NC1CCC12CCOCC2)c1ccccc1Br. The molecule has 1 saturated carbocycles. The van der Waals surface area contributed by atoms with E-state index in [1.54, 1.807) is 18.2 Å². The number of rotatable bonds is 3. The molecule has 0 radical (unpaired) electrons. The van der Waals surface area contributed by atoms with Gasteiger partial charge in [0.15, 0.2) is 0 Å². The molecular weight excluding hydrogens is 342 g/mol. The highest BCUT2D eigenvalue weighted by molar-refractivity contribution is 9.10. The third-order valence-electron chi connectivity index (χ3n) is 4.58. The van der Waals surface area contributed by atoms with Crippen molar-refractivity contribution in [3.05, 3.63) is 28.7 Å². The summed E-state index contributed by atoms with van der Waals surface area (Å²) in [6.07, 6.45) is 3.93. The van der Waals surface area contributed by atoms with Crippen LogP contribution in [-0.2, 0) is 14.8 Å². The van der Waals surface area contributed by atoms with E-state index in [1.165, 1.54) is 0 Å². The van der Waals surface area contributed by atoms with Crippen molar-refractivity contribution in [1.82, 2.24) is 4.72 Å². The predicted octanol–water partition coefficient (Wildman–Crippen LogP) is 2.69. The van der Waals surface area contributed by atoms with Crippen LogP contribution in [0.2, 0.25) is 0 Å². The minimum Gasteiger partial charge on any atom is -0.381 e. The van der Waals surface area contributed by atoms with Gasteiger partial charge < -0.3 is 4.74 Å². The summed E-state index contributed by atoms with van der Waals surface area (Å²) >= 11 is 3.31. The Morgan fingerprint density at radius 1 is 1.20 bits per heavy atom. The molecule has 1 N–H and O–H groups in total. The number of benzene rings is 1. The van der Waals surface area contributed by atoms with Crippen LogP contribution in [0.15, 0.2) is 33.6 Å². The molecule has 1 aliphatic heterocycles. The summed E-state index contributed by atoms with van der Waals surface area (Å²) in [5.41, 5.74) is 0.118. The molecule has 2 aliphatic rings. The Morgan fingerprint density at radius 3 is 2.50 bits per heavy atom. The maximum atomic E-state index is 12.5. The second-order valence-corrected chi connectivity index (χ2v) is 8.15. The quantitative estimate of drug-likeness (QED) is 0.902. The average Bonchev–Trinajstić information content (AvgIpc) is 2.45. The highest BCUT2D eigenvalue weighted by Gasteiger charge is 2.48. The van der Waals surface area contributed by atoms with E-state index < -0.39 is 10.0 Å². The molecule has 0 bridgehead atoms. The number of hydrogen-bond donors (Lipinski definition) is 1. The van der Waals surface area contributed by atoms with Crippen LogP contribution in [0, 0.1) is 5.41 Å². The average molecular weight is 360 g/mol. The second-order valence-electron chi connectivity index (χ2n) is 5.62. The van der Waals surface area contributed by atoms with E-state index in [1.807, 2.05) is 6.07 Å². The summed E-state index contributed by atoms with van der Waals surface area (Å²) in [4.78, 5) is 0.314. The Kier molecular flexibility index (Phi) is 3.92. The molecule has 1 spiro atoms. The molecule has 3 rings (SSSR count). The van der Waals surface area contributed by atoms with Crippen LogP contribution in [0.25, 0.3) is 0 Å². The Morgan fingerprint density at radius 2 is 1.90 bits per heavy atom. The van der Waals surface area contributed by atoms with Crippen molar-refractivity contribution in [2.45, 2.75) is 36.6 Å². The number of nitrogens with one attached hydrogen (secondary N) is 1. The maximum absolute atomic E-state index is 12.5. The highest BCUT2D eigenvalue weighted by atomic mass is 79.9. The summed E-state index contributed by atoms with van der Waals surface area (Å²) in [5.74, 6) is 0. The van der Waals surface area contributed by atoms with E-state index in [-0.39, 0.29) is 11.5 Å². The first-order valence-electron chi connectivity index (χ1n) is 6.88. The molecule has 1 heterocycles. The zero-order valence-electron chi connectivity index (χ0n) is 11.1. The van der Waals surface area contributed by atoms with Crippen LogP contribution in [0.3, 0.4) is 0 Å². The monoisotopic (exact) mass is 359 g/mol. The van der Waals surface area contributed by atoms with Crippen LogP contribution in [-0.4, -0.2) is 27.7 Å². The Labute approximate surface area is 128 Å². The number of ether oxygens (including phenoxy) is 1. The number of sulfonamides is 1. The molecule has 1 atom stereocenters. The largest absolute Gasteiger partial charge is 0.381 e. The third kappa shape index (κ3) is 2.54. The molecule has 6 heteroatoms. The molecular formula is C14H18BrNO3S. The lowest BCUT2D eigenvalue weighted by atomic mass is 9.60. The summed E-state index contributed by atoms with van der Waals surface area (Å²) in [6, 6.07) is 6.97. The Balaban J connectivity index is 1.79. The topological polar surface area (TPSA) is 55.4 Å². The zero-order chi connectivity index (χ0) is 14.2. The molecule has 110 valence electrons. The van der Waals surface area contributed by atoms with Crippen LogP contribution in [0.4, 0.5) is 0 Å². The molecule has 1 aliphatic carbocycles. The number of halogens is 1. The Hall–Kier alpha value is -0.430. The van der Waals surface area contributed by atoms with Gasteiger partial charge in [-0.05, 0) is 59.2 Å². The lowest BCUT2D eigenvalue weighted by Gasteiger charge is -2.51. The van der Waals surface area contributed by atoms with Crippen LogP contribution in [0.1, 0.15) is 25.7 Å². The van der Waals surface area contributed by atoms with Crippen molar-refractivity contribution in [3.8, 4) is 0 Å². The standard InChI is InChI=1S/C14H18BrNO3S/c15-11-3-1-2-4-12(11)20(17,18)16-13-5-6-14(13)7-9-19-10-8-14/h1-4,13,16H,5-10H2. The van der Waals surface area contributed by atoms with Crippen molar-refractivity contribution in [1.29, 1.82) is 0 Å². The van der Waals surface area contributed by atoms with Gasteiger partial charge >= 0.3 is 0 Å². The Bertz CT molecular complexity index is 596. The van der Waals surface area contributed by atoms with E-state index in [0.717, 1.165) is 38.9 Å². The molecule has 4 nitrogen and oxygen atoms in total. The van der Waals surface area contributed by atoms with Gasteiger partial charge in [0.2, 0.25) is 10.0 Å². The van der Waals surface area contributed by atoms with Crippen LogP contribution < -0.4 is 4.72 Å². The first-order chi connectivity index (χ1) is 9.54. The van der Waals surface area contributed by atoms with Crippen molar-refractivity contribution in [2.75, 3.05) is 13.2 Å².